The van der Waals surface area contributed by atoms with Gasteiger partial charge in [0.1, 0.15) is 11.5 Å². The van der Waals surface area contributed by atoms with Gasteiger partial charge in [0.15, 0.2) is 0 Å². The van der Waals surface area contributed by atoms with Gasteiger partial charge in [0, 0.05) is 16.3 Å². The van der Waals surface area contributed by atoms with E-state index in [0.29, 0.717) is 21.8 Å². The third-order valence-corrected chi connectivity index (χ3v) is 6.75. The standard InChI is InChI=1S/C28H25Cl2NO4/c1-15-5-7-17(28(2,3)4)14-20(15)25(33)23-24(16-6-12-22(32)21(30)13-16)31(27(35)26(23)34)19-10-8-18(29)9-11-19/h5-14,24,32-33H,1-4H3/b25-23+. The lowest BCUT2D eigenvalue weighted by Crippen LogP contribution is -2.29. The van der Waals surface area contributed by atoms with E-state index in [-0.39, 0.29) is 27.5 Å². The largest absolute Gasteiger partial charge is 0.507 e. The topological polar surface area (TPSA) is 77.8 Å². The number of nitrogens with zero attached hydrogens (tertiary/aromatic N) is 1. The molecule has 35 heavy (non-hydrogen) atoms. The number of Topliss-reactive ketones (excluding diaryl/α,β-unsaturated/α-hetero) is 1. The Morgan fingerprint density at radius 1 is 0.943 bits per heavy atom. The summed E-state index contributed by atoms with van der Waals surface area (Å²) in [6.07, 6.45) is 0. The number of aryl methyl sites for hydroxylation is 1. The first-order valence-corrected chi connectivity index (χ1v) is 11.8. The molecule has 0 bridgehead atoms. The van der Waals surface area contributed by atoms with E-state index in [0.717, 1.165) is 11.1 Å². The van der Waals surface area contributed by atoms with Gasteiger partial charge >= 0.3 is 0 Å². The van der Waals surface area contributed by atoms with Crippen LogP contribution < -0.4 is 4.90 Å². The van der Waals surface area contributed by atoms with Crippen LogP contribution in [0.1, 0.15) is 49.1 Å². The Hall–Kier alpha value is -3.28. The number of aliphatic hydroxyl groups is 1. The minimum atomic E-state index is -0.966. The Labute approximate surface area is 214 Å². The van der Waals surface area contributed by atoms with Gasteiger partial charge in [-0.25, -0.2) is 0 Å². The predicted molar refractivity (Wildman–Crippen MR) is 139 cm³/mol. The van der Waals surface area contributed by atoms with Crippen LogP contribution in [0, 0.1) is 6.92 Å². The van der Waals surface area contributed by atoms with Gasteiger partial charge < -0.3 is 10.2 Å². The quantitative estimate of drug-likeness (QED) is 0.228. The van der Waals surface area contributed by atoms with Gasteiger partial charge in [-0.05, 0) is 71.5 Å². The van der Waals surface area contributed by atoms with Crippen molar-refractivity contribution in [2.45, 2.75) is 39.2 Å². The first-order valence-electron chi connectivity index (χ1n) is 11.1. The van der Waals surface area contributed by atoms with Crippen molar-refractivity contribution in [3.8, 4) is 5.75 Å². The van der Waals surface area contributed by atoms with Crippen molar-refractivity contribution in [3.05, 3.63) is 98.5 Å². The molecule has 0 spiro atoms. The molecule has 1 amide bonds. The van der Waals surface area contributed by atoms with Crippen molar-refractivity contribution in [3.63, 3.8) is 0 Å². The Balaban J connectivity index is 1.99. The summed E-state index contributed by atoms with van der Waals surface area (Å²) in [5, 5.41) is 22.0. The molecule has 5 nitrogen and oxygen atoms in total. The lowest BCUT2D eigenvalue weighted by Gasteiger charge is -2.26. The first-order chi connectivity index (χ1) is 16.4. The number of carbonyl (C=O) groups is 2. The molecule has 1 aliphatic rings. The van der Waals surface area contributed by atoms with Crippen LogP contribution in [0.4, 0.5) is 5.69 Å². The third-order valence-electron chi connectivity index (χ3n) is 6.20. The van der Waals surface area contributed by atoms with E-state index in [1.807, 2.05) is 25.1 Å². The smallest absolute Gasteiger partial charge is 0.300 e. The maximum absolute atomic E-state index is 13.4. The number of hydrogen-bond acceptors (Lipinski definition) is 4. The van der Waals surface area contributed by atoms with Crippen molar-refractivity contribution in [1.29, 1.82) is 0 Å². The fourth-order valence-corrected chi connectivity index (χ4v) is 4.51. The summed E-state index contributed by atoms with van der Waals surface area (Å²) in [5.41, 5.74) is 2.86. The van der Waals surface area contributed by atoms with E-state index in [1.165, 1.54) is 17.0 Å². The van der Waals surface area contributed by atoms with Crippen LogP contribution in [0.25, 0.3) is 5.76 Å². The van der Waals surface area contributed by atoms with E-state index in [4.69, 9.17) is 23.2 Å². The number of carbonyl (C=O) groups excluding carboxylic acids is 2. The van der Waals surface area contributed by atoms with Gasteiger partial charge in [-0.1, -0.05) is 62.2 Å². The molecule has 3 aromatic carbocycles. The number of anilines is 1. The summed E-state index contributed by atoms with van der Waals surface area (Å²) in [4.78, 5) is 28.0. The molecule has 0 radical (unpaired) electrons. The van der Waals surface area contributed by atoms with Crippen molar-refractivity contribution in [2.24, 2.45) is 0 Å². The molecule has 1 heterocycles. The zero-order valence-corrected chi connectivity index (χ0v) is 21.3. The van der Waals surface area contributed by atoms with Crippen LogP contribution in [0.15, 0.2) is 66.2 Å². The molecule has 1 aliphatic heterocycles. The van der Waals surface area contributed by atoms with Crippen molar-refractivity contribution in [1.82, 2.24) is 0 Å². The molecule has 1 atom stereocenters. The van der Waals surface area contributed by atoms with Crippen LogP contribution in [0.5, 0.6) is 5.75 Å². The fraction of sp³-hybridized carbons (Fsp3) is 0.214. The van der Waals surface area contributed by atoms with Gasteiger partial charge in [-0.3, -0.25) is 14.5 Å². The fourth-order valence-electron chi connectivity index (χ4n) is 4.20. The summed E-state index contributed by atoms with van der Waals surface area (Å²) in [5.74, 6) is -2.00. The zero-order chi connectivity index (χ0) is 25.7. The number of amides is 1. The number of hydrogen-bond donors (Lipinski definition) is 2. The monoisotopic (exact) mass is 509 g/mol. The van der Waals surface area contributed by atoms with Gasteiger partial charge in [0.25, 0.3) is 11.7 Å². The lowest BCUT2D eigenvalue weighted by molar-refractivity contribution is -0.132. The number of rotatable bonds is 3. The van der Waals surface area contributed by atoms with Crippen LogP contribution in [0.3, 0.4) is 0 Å². The van der Waals surface area contributed by atoms with Crippen LogP contribution >= 0.6 is 23.2 Å². The molecule has 7 heteroatoms. The summed E-state index contributed by atoms with van der Waals surface area (Å²) >= 11 is 12.2. The van der Waals surface area contributed by atoms with E-state index >= 15 is 0 Å². The highest BCUT2D eigenvalue weighted by molar-refractivity contribution is 6.51. The Morgan fingerprint density at radius 3 is 2.20 bits per heavy atom. The Kier molecular flexibility index (Phi) is 6.43. The van der Waals surface area contributed by atoms with E-state index in [2.05, 4.69) is 20.8 Å². The molecule has 1 saturated heterocycles. The van der Waals surface area contributed by atoms with Gasteiger partial charge in [0.2, 0.25) is 0 Å². The number of phenols is 1. The number of aromatic hydroxyl groups is 1. The van der Waals surface area contributed by atoms with Crippen LogP contribution in [0.2, 0.25) is 10.0 Å². The normalized spacial score (nSPS) is 17.8. The Morgan fingerprint density at radius 2 is 1.60 bits per heavy atom. The molecule has 3 aromatic rings. The number of phenolic OH excluding ortho intramolecular Hbond substituents is 1. The maximum atomic E-state index is 13.4. The molecule has 0 saturated carbocycles. The molecule has 1 fully saturated rings. The SMILES string of the molecule is Cc1ccc(C(C)(C)C)cc1/C(O)=C1\C(=O)C(=O)N(c2ccc(Cl)cc2)C1c1ccc(O)c(Cl)c1. The van der Waals surface area contributed by atoms with Gasteiger partial charge in [-0.15, -0.1) is 0 Å². The molecule has 4 rings (SSSR count). The van der Waals surface area contributed by atoms with Crippen LogP contribution in [-0.4, -0.2) is 21.9 Å². The maximum Gasteiger partial charge on any atom is 0.300 e. The zero-order valence-electron chi connectivity index (χ0n) is 19.8. The highest BCUT2D eigenvalue weighted by Gasteiger charge is 2.47. The minimum absolute atomic E-state index is 0.0548. The number of halogens is 2. The first kappa shape index (κ1) is 24.8. The highest BCUT2D eigenvalue weighted by atomic mass is 35.5. The Bertz CT molecular complexity index is 1370. The van der Waals surface area contributed by atoms with E-state index < -0.39 is 17.7 Å². The van der Waals surface area contributed by atoms with E-state index in [9.17, 15) is 19.8 Å². The molecular weight excluding hydrogens is 485 g/mol. The molecule has 180 valence electrons. The summed E-state index contributed by atoms with van der Waals surface area (Å²) in [6.45, 7) is 8.00. The molecule has 1 unspecified atom stereocenters. The molecule has 2 N–H and O–H groups in total. The molecular formula is C28H25Cl2NO4. The van der Waals surface area contributed by atoms with Crippen molar-refractivity contribution < 1.29 is 19.8 Å². The second-order valence-corrected chi connectivity index (χ2v) is 10.5. The molecule has 0 aromatic heterocycles. The van der Waals surface area contributed by atoms with Gasteiger partial charge in [-0.2, -0.15) is 0 Å². The summed E-state index contributed by atoms with van der Waals surface area (Å²) in [6, 6.07) is 15.7. The van der Waals surface area contributed by atoms with Crippen LogP contribution in [-0.2, 0) is 15.0 Å². The van der Waals surface area contributed by atoms with Gasteiger partial charge in [0.05, 0.1) is 16.6 Å². The third kappa shape index (κ3) is 4.54. The summed E-state index contributed by atoms with van der Waals surface area (Å²) in [7, 11) is 0. The number of aliphatic hydroxyl groups excluding tert-OH is 1. The summed E-state index contributed by atoms with van der Waals surface area (Å²) < 4.78 is 0. The second-order valence-electron chi connectivity index (χ2n) is 9.64. The number of ketones is 1. The second kappa shape index (κ2) is 9.06. The molecule has 0 aliphatic carbocycles. The van der Waals surface area contributed by atoms with Crippen molar-refractivity contribution >= 4 is 46.3 Å². The lowest BCUT2D eigenvalue weighted by atomic mass is 9.84. The van der Waals surface area contributed by atoms with Crippen molar-refractivity contribution in [2.75, 3.05) is 4.90 Å². The number of benzene rings is 3. The highest BCUT2D eigenvalue weighted by Crippen LogP contribution is 2.44. The average Bonchev–Trinajstić information content (AvgIpc) is 3.06. The minimum Gasteiger partial charge on any atom is -0.507 e. The van der Waals surface area contributed by atoms with E-state index in [1.54, 1.807) is 30.3 Å². The predicted octanol–water partition coefficient (Wildman–Crippen LogP) is 6.93. The average molecular weight is 510 g/mol.